The summed E-state index contributed by atoms with van der Waals surface area (Å²) in [5.74, 6) is 0.697. The number of imidazole rings is 1. The standard InChI is InChI=1S/C22H25N5O3/c23-10-4-11-26(15-18-5-3-14-30-18)21(28)16-25-12-8-17(9-13-25)27-20-7-2-1-6-19(20)24-22(27)29/h1-3,5-7,14,17H,4,8-9,11-13,15-16H2,(H,24,29). The van der Waals surface area contributed by atoms with E-state index in [1.807, 2.05) is 34.9 Å². The molecule has 1 fully saturated rings. The van der Waals surface area contributed by atoms with E-state index in [0.717, 1.165) is 37.0 Å². The molecular formula is C22H25N5O3. The highest BCUT2D eigenvalue weighted by Gasteiger charge is 2.26. The molecule has 1 aliphatic heterocycles. The highest BCUT2D eigenvalue weighted by Crippen LogP contribution is 2.24. The van der Waals surface area contributed by atoms with Gasteiger partial charge >= 0.3 is 5.69 Å². The maximum Gasteiger partial charge on any atom is 0.326 e. The second kappa shape index (κ2) is 9.01. The monoisotopic (exact) mass is 407 g/mol. The van der Waals surface area contributed by atoms with E-state index in [9.17, 15) is 9.59 Å². The number of furan rings is 1. The van der Waals surface area contributed by atoms with Crippen LogP contribution in [0.5, 0.6) is 0 Å². The first kappa shape index (κ1) is 20.0. The third-order valence-electron chi connectivity index (χ3n) is 5.68. The number of H-pyrrole nitrogens is 1. The molecule has 1 N–H and O–H groups in total. The van der Waals surface area contributed by atoms with E-state index in [1.54, 1.807) is 17.2 Å². The molecule has 8 nitrogen and oxygen atoms in total. The van der Waals surface area contributed by atoms with E-state index in [-0.39, 0.29) is 24.1 Å². The number of nitriles is 1. The van der Waals surface area contributed by atoms with Gasteiger partial charge in [0.15, 0.2) is 0 Å². The third-order valence-corrected chi connectivity index (χ3v) is 5.68. The Kier molecular flexibility index (Phi) is 6.00. The zero-order valence-corrected chi connectivity index (χ0v) is 16.8. The fourth-order valence-electron chi connectivity index (χ4n) is 4.13. The van der Waals surface area contributed by atoms with E-state index >= 15 is 0 Å². The minimum absolute atomic E-state index is 0.00985. The summed E-state index contributed by atoms with van der Waals surface area (Å²) in [6, 6.07) is 13.6. The van der Waals surface area contributed by atoms with Crippen LogP contribution in [0.4, 0.5) is 0 Å². The lowest BCUT2D eigenvalue weighted by Crippen LogP contribution is -2.44. The van der Waals surface area contributed by atoms with Crippen molar-refractivity contribution in [3.8, 4) is 6.07 Å². The third kappa shape index (κ3) is 4.31. The van der Waals surface area contributed by atoms with Crippen LogP contribution in [-0.2, 0) is 11.3 Å². The van der Waals surface area contributed by atoms with Crippen molar-refractivity contribution in [2.45, 2.75) is 31.8 Å². The fourth-order valence-corrected chi connectivity index (χ4v) is 4.13. The lowest BCUT2D eigenvalue weighted by Gasteiger charge is -2.33. The highest BCUT2D eigenvalue weighted by molar-refractivity contribution is 5.78. The molecule has 1 amide bonds. The summed E-state index contributed by atoms with van der Waals surface area (Å²) in [5.41, 5.74) is 1.70. The van der Waals surface area contributed by atoms with Gasteiger partial charge in [-0.05, 0) is 37.1 Å². The number of amides is 1. The van der Waals surface area contributed by atoms with Gasteiger partial charge in [-0.2, -0.15) is 5.26 Å². The summed E-state index contributed by atoms with van der Waals surface area (Å²) < 4.78 is 7.21. The van der Waals surface area contributed by atoms with Crippen LogP contribution in [0.1, 0.15) is 31.1 Å². The van der Waals surface area contributed by atoms with Crippen LogP contribution >= 0.6 is 0 Å². The SMILES string of the molecule is N#CCCN(Cc1ccco1)C(=O)CN1CCC(n2c(=O)[nH]c3ccccc32)CC1. The first-order valence-corrected chi connectivity index (χ1v) is 10.2. The van der Waals surface area contributed by atoms with Gasteiger partial charge in [0, 0.05) is 25.7 Å². The van der Waals surface area contributed by atoms with Crippen LogP contribution in [0.25, 0.3) is 11.0 Å². The van der Waals surface area contributed by atoms with E-state index in [0.29, 0.717) is 25.4 Å². The number of aromatic amines is 1. The lowest BCUT2D eigenvalue weighted by molar-refractivity contribution is -0.133. The van der Waals surface area contributed by atoms with Crippen LogP contribution in [0, 0.1) is 11.3 Å². The molecule has 0 aliphatic carbocycles. The number of carbonyl (C=O) groups excluding carboxylic acids is 1. The number of aromatic nitrogens is 2. The minimum atomic E-state index is -0.0770. The molecule has 3 aromatic rings. The molecule has 0 unspecified atom stereocenters. The molecule has 8 heteroatoms. The van der Waals surface area contributed by atoms with Crippen molar-refractivity contribution >= 4 is 16.9 Å². The Labute approximate surface area is 174 Å². The first-order valence-electron chi connectivity index (χ1n) is 10.2. The number of benzene rings is 1. The molecule has 4 rings (SSSR count). The van der Waals surface area contributed by atoms with Gasteiger partial charge in [-0.1, -0.05) is 12.1 Å². The van der Waals surface area contributed by atoms with Crippen molar-refractivity contribution in [3.63, 3.8) is 0 Å². The molecule has 0 atom stereocenters. The smallest absolute Gasteiger partial charge is 0.326 e. The molecule has 30 heavy (non-hydrogen) atoms. The summed E-state index contributed by atoms with van der Waals surface area (Å²) in [7, 11) is 0. The number of hydrogen-bond donors (Lipinski definition) is 1. The molecule has 2 aromatic heterocycles. The van der Waals surface area contributed by atoms with Crippen molar-refractivity contribution < 1.29 is 9.21 Å². The number of piperidine rings is 1. The number of nitrogens with one attached hydrogen (secondary N) is 1. The Morgan fingerprint density at radius 2 is 2.03 bits per heavy atom. The topological polar surface area (TPSA) is 98.3 Å². The Hall–Kier alpha value is -3.31. The van der Waals surface area contributed by atoms with Gasteiger partial charge in [-0.3, -0.25) is 14.3 Å². The normalized spacial score (nSPS) is 15.3. The van der Waals surface area contributed by atoms with Gasteiger partial charge in [0.05, 0.1) is 42.9 Å². The molecule has 0 saturated carbocycles. The summed E-state index contributed by atoms with van der Waals surface area (Å²) in [4.78, 5) is 32.0. The number of hydrogen-bond acceptors (Lipinski definition) is 5. The van der Waals surface area contributed by atoms with Crippen molar-refractivity contribution in [2.75, 3.05) is 26.2 Å². The first-order chi connectivity index (χ1) is 14.7. The van der Waals surface area contributed by atoms with Crippen LogP contribution in [0.15, 0.2) is 51.9 Å². The number of rotatable bonds is 7. The Balaban J connectivity index is 1.37. The van der Waals surface area contributed by atoms with Gasteiger partial charge in [0.2, 0.25) is 5.91 Å². The van der Waals surface area contributed by atoms with Crippen molar-refractivity contribution in [2.24, 2.45) is 0 Å². The van der Waals surface area contributed by atoms with E-state index in [4.69, 9.17) is 9.68 Å². The number of fused-ring (bicyclic) bond motifs is 1. The summed E-state index contributed by atoms with van der Waals surface area (Å²) >= 11 is 0. The van der Waals surface area contributed by atoms with Gasteiger partial charge in [0.1, 0.15) is 5.76 Å². The van der Waals surface area contributed by atoms with E-state index in [1.165, 1.54) is 0 Å². The molecule has 1 saturated heterocycles. The number of carbonyl (C=O) groups is 1. The highest BCUT2D eigenvalue weighted by atomic mass is 16.3. The zero-order valence-electron chi connectivity index (χ0n) is 16.8. The Morgan fingerprint density at radius 1 is 1.23 bits per heavy atom. The summed E-state index contributed by atoms with van der Waals surface area (Å²) in [6.07, 6.45) is 3.49. The molecule has 1 aromatic carbocycles. The largest absolute Gasteiger partial charge is 0.467 e. The van der Waals surface area contributed by atoms with Crippen LogP contribution in [0.3, 0.4) is 0 Å². The zero-order chi connectivity index (χ0) is 20.9. The second-order valence-corrected chi connectivity index (χ2v) is 7.63. The summed E-state index contributed by atoms with van der Waals surface area (Å²) in [6.45, 7) is 2.55. The number of para-hydroxylation sites is 2. The Morgan fingerprint density at radius 3 is 2.77 bits per heavy atom. The van der Waals surface area contributed by atoms with Gasteiger partial charge in [-0.15, -0.1) is 0 Å². The maximum absolute atomic E-state index is 12.9. The van der Waals surface area contributed by atoms with Crippen molar-refractivity contribution in [1.82, 2.24) is 19.4 Å². The van der Waals surface area contributed by atoms with E-state index < -0.39 is 0 Å². The average molecular weight is 407 g/mol. The van der Waals surface area contributed by atoms with Gasteiger partial charge in [-0.25, -0.2) is 4.79 Å². The maximum atomic E-state index is 12.9. The molecule has 0 spiro atoms. The fraction of sp³-hybridized carbons (Fsp3) is 0.409. The lowest BCUT2D eigenvalue weighted by atomic mass is 10.0. The van der Waals surface area contributed by atoms with Crippen LogP contribution in [0.2, 0.25) is 0 Å². The molecule has 1 aliphatic rings. The molecule has 3 heterocycles. The van der Waals surface area contributed by atoms with Gasteiger partial charge in [0.25, 0.3) is 0 Å². The molecule has 0 bridgehead atoms. The summed E-state index contributed by atoms with van der Waals surface area (Å²) in [5, 5.41) is 8.91. The molecule has 156 valence electrons. The number of nitrogens with zero attached hydrogens (tertiary/aromatic N) is 4. The van der Waals surface area contributed by atoms with Crippen LogP contribution < -0.4 is 5.69 Å². The second-order valence-electron chi connectivity index (χ2n) is 7.63. The molecule has 0 radical (unpaired) electrons. The quantitative estimate of drug-likeness (QED) is 0.649. The molecular weight excluding hydrogens is 382 g/mol. The van der Waals surface area contributed by atoms with Gasteiger partial charge < -0.3 is 14.3 Å². The van der Waals surface area contributed by atoms with E-state index in [2.05, 4.69) is 16.0 Å². The van der Waals surface area contributed by atoms with Crippen LogP contribution in [-0.4, -0.2) is 51.4 Å². The predicted octanol–water partition coefficient (Wildman–Crippen LogP) is 2.50. The van der Waals surface area contributed by atoms with Crippen molar-refractivity contribution in [1.29, 1.82) is 5.26 Å². The minimum Gasteiger partial charge on any atom is -0.467 e. The number of likely N-dealkylation sites (tertiary alicyclic amines) is 1. The predicted molar refractivity (Wildman–Crippen MR) is 112 cm³/mol. The average Bonchev–Trinajstić information content (AvgIpc) is 3.38. The van der Waals surface area contributed by atoms with Crippen molar-refractivity contribution in [3.05, 3.63) is 58.9 Å². The Bertz CT molecular complexity index is 1080.